The van der Waals surface area contributed by atoms with Gasteiger partial charge in [0.05, 0.1) is 0 Å². The van der Waals surface area contributed by atoms with Crippen LogP contribution in [0.2, 0.25) is 10.0 Å². The lowest BCUT2D eigenvalue weighted by molar-refractivity contribution is 0.0953. The fourth-order valence-electron chi connectivity index (χ4n) is 1.18. The van der Waals surface area contributed by atoms with Crippen LogP contribution >= 0.6 is 23.2 Å². The summed E-state index contributed by atoms with van der Waals surface area (Å²) in [7, 11) is 0. The van der Waals surface area contributed by atoms with Gasteiger partial charge in [0.25, 0.3) is 5.91 Å². The van der Waals surface area contributed by atoms with Crippen molar-refractivity contribution in [1.29, 1.82) is 0 Å². The smallest absolute Gasteiger partial charge is 0.251 e. The molecule has 0 aliphatic carbocycles. The Morgan fingerprint density at radius 2 is 1.94 bits per heavy atom. The first-order chi connectivity index (χ1) is 7.63. The summed E-state index contributed by atoms with van der Waals surface area (Å²) in [4.78, 5) is 11.6. The molecule has 2 nitrogen and oxygen atoms in total. The van der Waals surface area contributed by atoms with Crippen molar-refractivity contribution in [3.8, 4) is 12.3 Å². The van der Waals surface area contributed by atoms with E-state index in [0.29, 0.717) is 28.6 Å². The molecule has 0 radical (unpaired) electrons. The predicted molar refractivity (Wildman–Crippen MR) is 66.9 cm³/mol. The average Bonchev–Trinajstić information content (AvgIpc) is 2.22. The highest BCUT2D eigenvalue weighted by Crippen LogP contribution is 2.18. The molecule has 0 fully saturated rings. The molecule has 84 valence electrons. The quantitative estimate of drug-likeness (QED) is 0.650. The van der Waals surface area contributed by atoms with E-state index >= 15 is 0 Å². The maximum atomic E-state index is 11.6. The highest BCUT2D eigenvalue weighted by Gasteiger charge is 2.06. The molecule has 0 saturated heterocycles. The van der Waals surface area contributed by atoms with E-state index in [0.717, 1.165) is 6.42 Å². The first-order valence-electron chi connectivity index (χ1n) is 4.81. The standard InChI is InChI=1S/C12H11Cl2NO/c1-2-3-4-5-15-12(16)9-6-10(13)8-11(14)7-9/h1,6-8H,3-5H2,(H,15,16). The van der Waals surface area contributed by atoms with Gasteiger partial charge in [0.1, 0.15) is 0 Å². The third kappa shape index (κ3) is 4.14. The molecule has 0 aliphatic rings. The molecule has 16 heavy (non-hydrogen) atoms. The van der Waals surface area contributed by atoms with Crippen LogP contribution in [0.15, 0.2) is 18.2 Å². The number of carbonyl (C=O) groups is 1. The first kappa shape index (κ1) is 12.9. The number of hydrogen-bond donors (Lipinski definition) is 1. The summed E-state index contributed by atoms with van der Waals surface area (Å²) in [5.41, 5.74) is 0.457. The molecule has 1 N–H and O–H groups in total. The number of terminal acetylenes is 1. The van der Waals surface area contributed by atoms with Crippen molar-refractivity contribution in [1.82, 2.24) is 5.32 Å². The molecule has 0 aromatic heterocycles. The molecule has 1 aromatic rings. The van der Waals surface area contributed by atoms with Gasteiger partial charge in [-0.1, -0.05) is 23.2 Å². The van der Waals surface area contributed by atoms with E-state index in [4.69, 9.17) is 29.6 Å². The number of halogens is 2. The molecule has 0 unspecified atom stereocenters. The van der Waals surface area contributed by atoms with Crippen LogP contribution in [-0.2, 0) is 0 Å². The van der Waals surface area contributed by atoms with Crippen molar-refractivity contribution in [2.75, 3.05) is 6.54 Å². The minimum Gasteiger partial charge on any atom is -0.352 e. The van der Waals surface area contributed by atoms with Crippen LogP contribution in [0.4, 0.5) is 0 Å². The van der Waals surface area contributed by atoms with Crippen molar-refractivity contribution in [2.45, 2.75) is 12.8 Å². The molecular formula is C12H11Cl2NO. The van der Waals surface area contributed by atoms with E-state index in [1.165, 1.54) is 0 Å². The van der Waals surface area contributed by atoms with E-state index in [9.17, 15) is 4.79 Å². The van der Waals surface area contributed by atoms with Crippen LogP contribution in [0.25, 0.3) is 0 Å². The molecule has 1 amide bonds. The van der Waals surface area contributed by atoms with Crippen LogP contribution in [0.5, 0.6) is 0 Å². The summed E-state index contributed by atoms with van der Waals surface area (Å²) < 4.78 is 0. The Kier molecular flexibility index (Phi) is 5.18. The number of unbranched alkanes of at least 4 members (excludes halogenated alkanes) is 1. The Balaban J connectivity index is 2.56. The van der Waals surface area contributed by atoms with Gasteiger partial charge in [0.15, 0.2) is 0 Å². The lowest BCUT2D eigenvalue weighted by Gasteiger charge is -2.04. The maximum Gasteiger partial charge on any atom is 0.251 e. The molecule has 0 aliphatic heterocycles. The molecule has 0 saturated carbocycles. The van der Waals surface area contributed by atoms with Crippen LogP contribution < -0.4 is 5.32 Å². The molecule has 1 aromatic carbocycles. The van der Waals surface area contributed by atoms with E-state index < -0.39 is 0 Å². The topological polar surface area (TPSA) is 29.1 Å². The van der Waals surface area contributed by atoms with Gasteiger partial charge in [0, 0.05) is 28.6 Å². The second-order valence-corrected chi connectivity index (χ2v) is 4.09. The Bertz CT molecular complexity index is 403. The van der Waals surface area contributed by atoms with Gasteiger partial charge in [-0.25, -0.2) is 0 Å². The zero-order valence-corrected chi connectivity index (χ0v) is 10.1. The number of nitrogens with one attached hydrogen (secondary N) is 1. The summed E-state index contributed by atoms with van der Waals surface area (Å²) in [5.74, 6) is 2.31. The molecule has 0 heterocycles. The lowest BCUT2D eigenvalue weighted by atomic mass is 10.2. The van der Waals surface area contributed by atoms with E-state index in [2.05, 4.69) is 11.2 Å². The molecule has 4 heteroatoms. The SMILES string of the molecule is C#CCCCNC(=O)c1cc(Cl)cc(Cl)c1. The number of amides is 1. The number of benzene rings is 1. The van der Waals surface area contributed by atoms with Crippen molar-refractivity contribution < 1.29 is 4.79 Å². The highest BCUT2D eigenvalue weighted by atomic mass is 35.5. The van der Waals surface area contributed by atoms with E-state index in [1.807, 2.05) is 0 Å². The summed E-state index contributed by atoms with van der Waals surface area (Å²) in [6, 6.07) is 4.73. The average molecular weight is 256 g/mol. The summed E-state index contributed by atoms with van der Waals surface area (Å²) in [6.45, 7) is 0.549. The van der Waals surface area contributed by atoms with Gasteiger partial charge in [0.2, 0.25) is 0 Å². The summed E-state index contributed by atoms with van der Waals surface area (Å²) in [6.07, 6.45) is 6.51. The number of hydrogen-bond acceptors (Lipinski definition) is 1. The van der Waals surface area contributed by atoms with Crippen molar-refractivity contribution in [2.24, 2.45) is 0 Å². The predicted octanol–water partition coefficient (Wildman–Crippen LogP) is 3.14. The summed E-state index contributed by atoms with van der Waals surface area (Å²) >= 11 is 11.6. The fraction of sp³-hybridized carbons (Fsp3) is 0.250. The normalized spacial score (nSPS) is 9.56. The molecule has 0 atom stereocenters. The molecule has 1 rings (SSSR count). The Morgan fingerprint density at radius 1 is 1.31 bits per heavy atom. The monoisotopic (exact) mass is 255 g/mol. The third-order valence-electron chi connectivity index (χ3n) is 1.91. The lowest BCUT2D eigenvalue weighted by Crippen LogP contribution is -2.24. The molecule has 0 bridgehead atoms. The zero-order chi connectivity index (χ0) is 12.0. The van der Waals surface area contributed by atoms with E-state index in [-0.39, 0.29) is 5.91 Å². The molecular weight excluding hydrogens is 245 g/mol. The minimum atomic E-state index is -0.193. The van der Waals surface area contributed by atoms with Gasteiger partial charge in [-0.3, -0.25) is 4.79 Å². The van der Waals surface area contributed by atoms with Crippen molar-refractivity contribution >= 4 is 29.1 Å². The summed E-state index contributed by atoms with van der Waals surface area (Å²) in [5, 5.41) is 3.63. The van der Waals surface area contributed by atoms with E-state index in [1.54, 1.807) is 18.2 Å². The second-order valence-electron chi connectivity index (χ2n) is 3.22. The Labute approximate surface area is 105 Å². The van der Waals surface area contributed by atoms with Gasteiger partial charge >= 0.3 is 0 Å². The van der Waals surface area contributed by atoms with Crippen LogP contribution in [0.3, 0.4) is 0 Å². The van der Waals surface area contributed by atoms with Crippen molar-refractivity contribution in [3.63, 3.8) is 0 Å². The minimum absolute atomic E-state index is 0.193. The van der Waals surface area contributed by atoms with Crippen LogP contribution in [-0.4, -0.2) is 12.5 Å². The Morgan fingerprint density at radius 3 is 2.50 bits per heavy atom. The third-order valence-corrected chi connectivity index (χ3v) is 2.34. The Hall–Kier alpha value is -1.17. The highest BCUT2D eigenvalue weighted by molar-refractivity contribution is 6.35. The van der Waals surface area contributed by atoms with Gasteiger partial charge < -0.3 is 5.32 Å². The first-order valence-corrected chi connectivity index (χ1v) is 5.57. The number of carbonyl (C=O) groups excluding carboxylic acids is 1. The maximum absolute atomic E-state index is 11.6. The van der Waals surface area contributed by atoms with Crippen LogP contribution in [0.1, 0.15) is 23.2 Å². The fourth-order valence-corrected chi connectivity index (χ4v) is 1.71. The zero-order valence-electron chi connectivity index (χ0n) is 8.59. The largest absolute Gasteiger partial charge is 0.352 e. The van der Waals surface area contributed by atoms with Crippen LogP contribution in [0, 0.1) is 12.3 Å². The van der Waals surface area contributed by atoms with Crippen molar-refractivity contribution in [3.05, 3.63) is 33.8 Å². The van der Waals surface area contributed by atoms with Gasteiger partial charge in [-0.2, -0.15) is 0 Å². The number of rotatable bonds is 4. The van der Waals surface area contributed by atoms with Gasteiger partial charge in [-0.15, -0.1) is 12.3 Å². The van der Waals surface area contributed by atoms with Gasteiger partial charge in [-0.05, 0) is 24.6 Å². The second kappa shape index (κ2) is 6.42. The molecule has 0 spiro atoms.